The van der Waals surface area contributed by atoms with E-state index in [2.05, 4.69) is 50.5 Å². The Morgan fingerprint density at radius 1 is 1.22 bits per heavy atom. The number of likely N-dealkylation sites (N-methyl/N-ethyl adjacent to an activating group) is 1. The van der Waals surface area contributed by atoms with E-state index in [9.17, 15) is 0 Å². The first-order valence-electron chi connectivity index (χ1n) is 9.08. The lowest BCUT2D eigenvalue weighted by Crippen LogP contribution is -2.22. The second-order valence-electron chi connectivity index (χ2n) is 6.31. The van der Waals surface area contributed by atoms with Gasteiger partial charge in [0, 0.05) is 51.2 Å². The molecule has 0 atom stereocenters. The molecule has 0 aliphatic rings. The van der Waals surface area contributed by atoms with Crippen molar-refractivity contribution in [2.75, 3.05) is 37.5 Å². The Hall–Kier alpha value is -2.93. The summed E-state index contributed by atoms with van der Waals surface area (Å²) in [7, 11) is 3.72. The number of hydrogen-bond donors (Lipinski definition) is 1. The van der Waals surface area contributed by atoms with Crippen LogP contribution in [0.1, 0.15) is 12.5 Å². The number of aromatic nitrogens is 4. The molecule has 0 amide bonds. The van der Waals surface area contributed by atoms with Crippen molar-refractivity contribution in [3.05, 3.63) is 54.5 Å². The maximum absolute atomic E-state index is 5.11. The molecule has 2 aromatic heterocycles. The van der Waals surface area contributed by atoms with Crippen molar-refractivity contribution in [3.63, 3.8) is 0 Å². The van der Waals surface area contributed by atoms with Crippen molar-refractivity contribution in [3.8, 4) is 11.4 Å². The number of ether oxygens (including phenoxy) is 1. The van der Waals surface area contributed by atoms with Crippen LogP contribution in [0.2, 0.25) is 0 Å². The van der Waals surface area contributed by atoms with Crippen LogP contribution in [-0.4, -0.2) is 47.1 Å². The first kappa shape index (κ1) is 18.8. The molecule has 3 rings (SSSR count). The molecule has 27 heavy (non-hydrogen) atoms. The third-order valence-electron chi connectivity index (χ3n) is 4.40. The lowest BCUT2D eigenvalue weighted by molar-refractivity contribution is 0.206. The summed E-state index contributed by atoms with van der Waals surface area (Å²) < 4.78 is 7.14. The molecule has 1 aromatic carbocycles. The third kappa shape index (κ3) is 4.83. The monoisotopic (exact) mass is 366 g/mol. The van der Waals surface area contributed by atoms with Crippen molar-refractivity contribution in [2.45, 2.75) is 20.0 Å². The van der Waals surface area contributed by atoms with Crippen molar-refractivity contribution in [2.24, 2.45) is 0 Å². The van der Waals surface area contributed by atoms with E-state index < -0.39 is 0 Å². The predicted octanol–water partition coefficient (Wildman–Crippen LogP) is 3.05. The molecule has 0 unspecified atom stereocenters. The van der Waals surface area contributed by atoms with Crippen molar-refractivity contribution >= 4 is 11.5 Å². The van der Waals surface area contributed by atoms with Crippen LogP contribution in [0.3, 0.4) is 0 Å². The first-order chi connectivity index (χ1) is 13.2. The van der Waals surface area contributed by atoms with Gasteiger partial charge in [0.1, 0.15) is 12.1 Å². The van der Waals surface area contributed by atoms with Crippen LogP contribution in [0.4, 0.5) is 11.5 Å². The maximum Gasteiger partial charge on any atom is 0.163 e. The molecule has 7 heteroatoms. The SMILES string of the molecule is CCn1cnnc1-c1cccc(NCc2ccc(N(C)CCOC)nc2)c1. The minimum absolute atomic E-state index is 0.684. The van der Waals surface area contributed by atoms with Gasteiger partial charge >= 0.3 is 0 Å². The summed E-state index contributed by atoms with van der Waals surface area (Å²) in [4.78, 5) is 6.61. The van der Waals surface area contributed by atoms with Crippen molar-refractivity contribution in [1.82, 2.24) is 19.7 Å². The summed E-state index contributed by atoms with van der Waals surface area (Å²) in [5.41, 5.74) is 3.22. The number of pyridine rings is 1. The number of aryl methyl sites for hydroxylation is 1. The zero-order valence-corrected chi connectivity index (χ0v) is 16.1. The van der Waals surface area contributed by atoms with Crippen LogP contribution >= 0.6 is 0 Å². The highest BCUT2D eigenvalue weighted by Gasteiger charge is 2.07. The third-order valence-corrected chi connectivity index (χ3v) is 4.40. The Morgan fingerprint density at radius 3 is 2.85 bits per heavy atom. The number of nitrogens with zero attached hydrogens (tertiary/aromatic N) is 5. The van der Waals surface area contributed by atoms with E-state index in [-0.39, 0.29) is 0 Å². The number of hydrogen-bond acceptors (Lipinski definition) is 6. The Labute approximate surface area is 160 Å². The topological polar surface area (TPSA) is 68.1 Å². The molecule has 7 nitrogen and oxygen atoms in total. The smallest absolute Gasteiger partial charge is 0.163 e. The second-order valence-corrected chi connectivity index (χ2v) is 6.31. The molecule has 0 spiro atoms. The number of anilines is 2. The fraction of sp³-hybridized carbons (Fsp3) is 0.350. The van der Waals surface area contributed by atoms with Gasteiger partial charge in [0.05, 0.1) is 6.61 Å². The number of nitrogens with one attached hydrogen (secondary N) is 1. The standard InChI is InChI=1S/C20H26N6O/c1-4-26-15-23-24-20(26)17-6-5-7-18(12-17)21-13-16-8-9-19(22-14-16)25(2)10-11-27-3/h5-9,12,14-15,21H,4,10-11,13H2,1-3H3. The minimum Gasteiger partial charge on any atom is -0.383 e. The van der Waals surface area contributed by atoms with E-state index in [1.807, 2.05) is 36.0 Å². The Kier molecular flexibility index (Phi) is 6.38. The molecule has 3 aromatic rings. The molecule has 2 heterocycles. The van der Waals surface area contributed by atoms with Gasteiger partial charge < -0.3 is 19.5 Å². The predicted molar refractivity (Wildman–Crippen MR) is 108 cm³/mol. The van der Waals surface area contributed by atoms with Gasteiger partial charge in [-0.3, -0.25) is 0 Å². The molecule has 142 valence electrons. The highest BCUT2D eigenvalue weighted by atomic mass is 16.5. The van der Waals surface area contributed by atoms with Crippen LogP contribution < -0.4 is 10.2 Å². The number of rotatable bonds is 9. The van der Waals surface area contributed by atoms with Gasteiger partial charge in [-0.15, -0.1) is 10.2 Å². The highest BCUT2D eigenvalue weighted by molar-refractivity contribution is 5.62. The molecule has 0 bridgehead atoms. The molecule has 0 aliphatic carbocycles. The normalized spacial score (nSPS) is 10.8. The highest BCUT2D eigenvalue weighted by Crippen LogP contribution is 2.21. The summed E-state index contributed by atoms with van der Waals surface area (Å²) in [6, 6.07) is 12.3. The van der Waals surface area contributed by atoms with Gasteiger partial charge in [0.2, 0.25) is 0 Å². The zero-order chi connectivity index (χ0) is 19.1. The molecule has 0 fully saturated rings. The Morgan fingerprint density at radius 2 is 2.11 bits per heavy atom. The van der Waals surface area contributed by atoms with E-state index in [0.29, 0.717) is 13.2 Å². The van der Waals surface area contributed by atoms with Gasteiger partial charge in [0.15, 0.2) is 5.82 Å². The summed E-state index contributed by atoms with van der Waals surface area (Å²) in [6.07, 6.45) is 3.66. The molecular formula is C20H26N6O. The summed E-state index contributed by atoms with van der Waals surface area (Å²) in [5, 5.41) is 11.7. The first-order valence-corrected chi connectivity index (χ1v) is 9.08. The molecule has 0 radical (unpaired) electrons. The Balaban J connectivity index is 1.63. The lowest BCUT2D eigenvalue weighted by Gasteiger charge is -2.17. The number of benzene rings is 1. The van der Waals surface area contributed by atoms with Crippen LogP contribution in [0, 0.1) is 0 Å². The molecule has 0 saturated heterocycles. The quantitative estimate of drug-likeness (QED) is 0.628. The summed E-state index contributed by atoms with van der Waals surface area (Å²) in [6.45, 7) is 5.13. The van der Waals surface area contributed by atoms with Gasteiger partial charge in [0.25, 0.3) is 0 Å². The van der Waals surface area contributed by atoms with Crippen LogP contribution in [-0.2, 0) is 17.8 Å². The fourth-order valence-corrected chi connectivity index (χ4v) is 2.77. The van der Waals surface area contributed by atoms with Crippen LogP contribution in [0.5, 0.6) is 0 Å². The van der Waals surface area contributed by atoms with Crippen LogP contribution in [0.15, 0.2) is 48.9 Å². The summed E-state index contributed by atoms with van der Waals surface area (Å²) >= 11 is 0. The summed E-state index contributed by atoms with van der Waals surface area (Å²) in [5.74, 6) is 1.82. The number of methoxy groups -OCH3 is 1. The molecule has 1 N–H and O–H groups in total. The van der Waals surface area contributed by atoms with E-state index in [1.165, 1.54) is 0 Å². The second kappa shape index (κ2) is 9.14. The Bertz CT molecular complexity index is 846. The molecule has 0 aliphatic heterocycles. The van der Waals surface area contributed by atoms with Gasteiger partial charge in [-0.2, -0.15) is 0 Å². The van der Waals surface area contributed by atoms with Gasteiger partial charge in [-0.1, -0.05) is 18.2 Å². The largest absolute Gasteiger partial charge is 0.383 e. The van der Waals surface area contributed by atoms with E-state index in [0.717, 1.165) is 41.5 Å². The fourth-order valence-electron chi connectivity index (χ4n) is 2.77. The van der Waals surface area contributed by atoms with Gasteiger partial charge in [-0.25, -0.2) is 4.98 Å². The van der Waals surface area contributed by atoms with Gasteiger partial charge in [-0.05, 0) is 30.7 Å². The van der Waals surface area contributed by atoms with Crippen molar-refractivity contribution < 1.29 is 4.74 Å². The van der Waals surface area contributed by atoms with E-state index >= 15 is 0 Å². The molecular weight excluding hydrogens is 340 g/mol. The average Bonchev–Trinajstić information content (AvgIpc) is 3.20. The van der Waals surface area contributed by atoms with E-state index in [4.69, 9.17) is 4.74 Å². The van der Waals surface area contributed by atoms with Crippen molar-refractivity contribution in [1.29, 1.82) is 0 Å². The average molecular weight is 366 g/mol. The lowest BCUT2D eigenvalue weighted by atomic mass is 10.2. The van der Waals surface area contributed by atoms with E-state index in [1.54, 1.807) is 13.4 Å². The zero-order valence-electron chi connectivity index (χ0n) is 16.1. The minimum atomic E-state index is 0.684. The van der Waals surface area contributed by atoms with Crippen LogP contribution in [0.25, 0.3) is 11.4 Å². The maximum atomic E-state index is 5.11. The molecule has 0 saturated carbocycles.